The van der Waals surface area contributed by atoms with Crippen LogP contribution in [0.15, 0.2) is 30.3 Å². The first-order valence-electron chi connectivity index (χ1n) is 9.19. The molecule has 144 valence electrons. The number of ketones is 1. The molecule has 0 bridgehead atoms. The maximum absolute atomic E-state index is 11.7. The summed E-state index contributed by atoms with van der Waals surface area (Å²) in [6.07, 6.45) is 3.78. The van der Waals surface area contributed by atoms with E-state index in [0.717, 1.165) is 31.2 Å². The smallest absolute Gasteiger partial charge is 0.313 e. The first-order chi connectivity index (χ1) is 12.3. The summed E-state index contributed by atoms with van der Waals surface area (Å²) in [4.78, 5) is 34.9. The summed E-state index contributed by atoms with van der Waals surface area (Å²) in [5.74, 6) is -0.764. The molecule has 0 amide bonds. The summed E-state index contributed by atoms with van der Waals surface area (Å²) < 4.78 is 10.3. The van der Waals surface area contributed by atoms with Crippen LogP contribution in [-0.2, 0) is 30.5 Å². The van der Waals surface area contributed by atoms with Crippen molar-refractivity contribution < 1.29 is 23.9 Å². The average molecular weight is 362 g/mol. The van der Waals surface area contributed by atoms with Gasteiger partial charge in [-0.3, -0.25) is 14.4 Å². The predicted octanol–water partition coefficient (Wildman–Crippen LogP) is 4.37. The van der Waals surface area contributed by atoms with E-state index in [4.69, 9.17) is 9.47 Å². The van der Waals surface area contributed by atoms with Gasteiger partial charge in [0.05, 0.1) is 0 Å². The van der Waals surface area contributed by atoms with Crippen LogP contribution >= 0.6 is 0 Å². The Bertz CT molecular complexity index is 572. The van der Waals surface area contributed by atoms with Gasteiger partial charge in [-0.25, -0.2) is 0 Å². The van der Waals surface area contributed by atoms with Crippen LogP contribution in [0.3, 0.4) is 0 Å². The summed E-state index contributed by atoms with van der Waals surface area (Å²) >= 11 is 0. The third kappa shape index (κ3) is 11.4. The Morgan fingerprint density at radius 2 is 1.46 bits per heavy atom. The van der Waals surface area contributed by atoms with Gasteiger partial charge >= 0.3 is 11.9 Å². The largest absolute Gasteiger partial charge is 0.461 e. The third-order valence-electron chi connectivity index (χ3n) is 3.59. The molecular weight excluding hydrogens is 332 g/mol. The fourth-order valence-corrected chi connectivity index (χ4v) is 2.38. The molecule has 0 aliphatic rings. The van der Waals surface area contributed by atoms with Crippen LogP contribution in [0.5, 0.6) is 0 Å². The highest BCUT2D eigenvalue weighted by molar-refractivity contribution is 5.95. The van der Waals surface area contributed by atoms with Crippen molar-refractivity contribution in [3.63, 3.8) is 0 Å². The molecule has 0 heterocycles. The number of Topliss-reactive ketones (excluding diaryl/α,β-unsaturated/α-hetero) is 1. The predicted molar refractivity (Wildman–Crippen MR) is 99.4 cm³/mol. The van der Waals surface area contributed by atoms with Crippen molar-refractivity contribution in [1.29, 1.82) is 0 Å². The van der Waals surface area contributed by atoms with Crippen molar-refractivity contribution in [2.45, 2.75) is 77.9 Å². The van der Waals surface area contributed by atoms with Gasteiger partial charge < -0.3 is 9.47 Å². The molecule has 1 aromatic rings. The Hall–Kier alpha value is -2.17. The SMILES string of the molecule is CC(C)(C)OC(=O)CC(=O)CCCCCCC(=O)OCc1ccccc1. The molecule has 0 N–H and O–H groups in total. The van der Waals surface area contributed by atoms with E-state index in [-0.39, 0.29) is 18.2 Å². The number of rotatable bonds is 11. The number of unbranched alkanes of at least 4 members (excludes halogenated alkanes) is 3. The zero-order valence-electron chi connectivity index (χ0n) is 16.1. The number of benzene rings is 1. The standard InChI is InChI=1S/C21H30O5/c1-21(2,3)26-20(24)15-18(22)13-9-4-5-10-14-19(23)25-16-17-11-7-6-8-12-17/h6-8,11-12H,4-5,9-10,13-16H2,1-3H3. The van der Waals surface area contributed by atoms with Crippen molar-refractivity contribution in [1.82, 2.24) is 0 Å². The number of hydrogen-bond donors (Lipinski definition) is 0. The lowest BCUT2D eigenvalue weighted by molar-refractivity contribution is -0.156. The van der Waals surface area contributed by atoms with E-state index in [1.165, 1.54) is 0 Å². The van der Waals surface area contributed by atoms with Crippen LogP contribution < -0.4 is 0 Å². The monoisotopic (exact) mass is 362 g/mol. The Kier molecular flexibility index (Phi) is 9.63. The molecule has 0 aliphatic carbocycles. The fraction of sp³-hybridized carbons (Fsp3) is 0.571. The zero-order valence-corrected chi connectivity index (χ0v) is 16.1. The van der Waals surface area contributed by atoms with Gasteiger partial charge in [-0.2, -0.15) is 0 Å². The van der Waals surface area contributed by atoms with E-state index >= 15 is 0 Å². The minimum absolute atomic E-state index is 0.0958. The molecule has 1 aromatic carbocycles. The highest BCUT2D eigenvalue weighted by Crippen LogP contribution is 2.11. The van der Waals surface area contributed by atoms with E-state index < -0.39 is 11.6 Å². The van der Waals surface area contributed by atoms with Crippen LogP contribution in [0, 0.1) is 0 Å². The van der Waals surface area contributed by atoms with Crippen LogP contribution in [0.25, 0.3) is 0 Å². The highest BCUT2D eigenvalue weighted by atomic mass is 16.6. The summed E-state index contributed by atoms with van der Waals surface area (Å²) in [6.45, 7) is 5.64. The lowest BCUT2D eigenvalue weighted by Crippen LogP contribution is -2.25. The summed E-state index contributed by atoms with van der Waals surface area (Å²) in [5.41, 5.74) is 0.413. The van der Waals surface area contributed by atoms with E-state index in [1.807, 2.05) is 30.3 Å². The van der Waals surface area contributed by atoms with E-state index in [9.17, 15) is 14.4 Å². The second-order valence-corrected chi connectivity index (χ2v) is 7.36. The topological polar surface area (TPSA) is 69.7 Å². The van der Waals surface area contributed by atoms with Gasteiger partial charge in [0, 0.05) is 12.8 Å². The van der Waals surface area contributed by atoms with Gasteiger partial charge in [0.2, 0.25) is 0 Å². The maximum atomic E-state index is 11.7. The Labute approximate surface area is 156 Å². The molecule has 0 aliphatic heterocycles. The van der Waals surface area contributed by atoms with Gasteiger partial charge in [-0.15, -0.1) is 0 Å². The Balaban J connectivity index is 2.02. The number of esters is 2. The maximum Gasteiger partial charge on any atom is 0.313 e. The quantitative estimate of drug-likeness (QED) is 0.332. The number of carbonyl (C=O) groups is 3. The molecule has 26 heavy (non-hydrogen) atoms. The highest BCUT2D eigenvalue weighted by Gasteiger charge is 2.18. The van der Waals surface area contributed by atoms with E-state index in [2.05, 4.69) is 0 Å². The van der Waals surface area contributed by atoms with Gasteiger partial charge in [0.25, 0.3) is 0 Å². The molecule has 0 radical (unpaired) electrons. The van der Waals surface area contributed by atoms with Crippen LogP contribution in [0.2, 0.25) is 0 Å². The molecule has 0 spiro atoms. The van der Waals surface area contributed by atoms with E-state index in [1.54, 1.807) is 20.8 Å². The molecule has 0 saturated heterocycles. The summed E-state index contributed by atoms with van der Waals surface area (Å²) in [6, 6.07) is 9.58. The molecule has 0 unspecified atom stereocenters. The normalized spacial score (nSPS) is 11.0. The van der Waals surface area contributed by atoms with Crippen LogP contribution in [0.4, 0.5) is 0 Å². The number of carbonyl (C=O) groups excluding carboxylic acids is 3. The van der Waals surface area contributed by atoms with Crippen molar-refractivity contribution in [3.8, 4) is 0 Å². The Morgan fingerprint density at radius 3 is 2.08 bits per heavy atom. The average Bonchev–Trinajstić information content (AvgIpc) is 2.55. The lowest BCUT2D eigenvalue weighted by atomic mass is 10.1. The van der Waals surface area contributed by atoms with Crippen molar-refractivity contribution in [3.05, 3.63) is 35.9 Å². The minimum atomic E-state index is -0.563. The van der Waals surface area contributed by atoms with Gasteiger partial charge in [-0.1, -0.05) is 43.2 Å². The minimum Gasteiger partial charge on any atom is -0.461 e. The Morgan fingerprint density at radius 1 is 0.846 bits per heavy atom. The third-order valence-corrected chi connectivity index (χ3v) is 3.59. The molecule has 0 aromatic heterocycles. The zero-order chi connectivity index (χ0) is 19.4. The van der Waals surface area contributed by atoms with Gasteiger partial charge in [-0.05, 0) is 39.2 Å². The van der Waals surface area contributed by atoms with Gasteiger partial charge in [0.1, 0.15) is 24.4 Å². The van der Waals surface area contributed by atoms with Gasteiger partial charge in [0.15, 0.2) is 0 Å². The molecule has 5 nitrogen and oxygen atoms in total. The first-order valence-corrected chi connectivity index (χ1v) is 9.19. The molecule has 0 saturated carbocycles. The number of hydrogen-bond acceptors (Lipinski definition) is 5. The molecular formula is C21H30O5. The first kappa shape index (κ1) is 21.9. The fourth-order valence-electron chi connectivity index (χ4n) is 2.38. The number of ether oxygens (including phenoxy) is 2. The van der Waals surface area contributed by atoms with Crippen LogP contribution in [0.1, 0.15) is 71.3 Å². The van der Waals surface area contributed by atoms with Crippen LogP contribution in [-0.4, -0.2) is 23.3 Å². The summed E-state index contributed by atoms with van der Waals surface area (Å²) in [7, 11) is 0. The van der Waals surface area contributed by atoms with Crippen molar-refractivity contribution in [2.24, 2.45) is 0 Å². The van der Waals surface area contributed by atoms with Crippen molar-refractivity contribution in [2.75, 3.05) is 0 Å². The summed E-state index contributed by atoms with van der Waals surface area (Å²) in [5, 5.41) is 0. The lowest BCUT2D eigenvalue weighted by Gasteiger charge is -2.19. The van der Waals surface area contributed by atoms with Crippen molar-refractivity contribution >= 4 is 17.7 Å². The molecule has 0 atom stereocenters. The second kappa shape index (κ2) is 11.4. The molecule has 1 rings (SSSR count). The molecule has 0 fully saturated rings. The van der Waals surface area contributed by atoms with E-state index in [0.29, 0.717) is 19.4 Å². The second-order valence-electron chi connectivity index (χ2n) is 7.36. The molecule has 5 heteroatoms.